The third kappa shape index (κ3) is 7.70. The van der Waals surface area contributed by atoms with Gasteiger partial charge in [0.1, 0.15) is 11.6 Å². The number of aliphatic hydroxyl groups is 1. The summed E-state index contributed by atoms with van der Waals surface area (Å²) in [7, 11) is 0. The molecule has 0 amide bonds. The number of guanidine groups is 1. The number of benzene rings is 2. The van der Waals surface area contributed by atoms with Gasteiger partial charge in [0.25, 0.3) is 0 Å². The van der Waals surface area contributed by atoms with Crippen molar-refractivity contribution in [3.05, 3.63) is 59.9 Å². The Hall–Kier alpha value is -2.33. The Morgan fingerprint density at radius 1 is 1.13 bits per heavy atom. The SMILES string of the molecule is CCNC(=NCC(O)c1ccc(OC(C)C)cc1)NCCc1nc2ccccc2[nH]1.I. The molecule has 0 radical (unpaired) electrons. The van der Waals surface area contributed by atoms with Gasteiger partial charge in [-0.1, -0.05) is 24.3 Å². The molecule has 0 saturated heterocycles. The first kappa shape index (κ1) is 24.9. The molecule has 2 aromatic carbocycles. The van der Waals surface area contributed by atoms with E-state index in [0.29, 0.717) is 12.5 Å². The number of fused-ring (bicyclic) bond motifs is 1. The van der Waals surface area contributed by atoms with Crippen LogP contribution in [0.1, 0.15) is 38.3 Å². The van der Waals surface area contributed by atoms with Crippen LogP contribution in [-0.4, -0.2) is 46.8 Å². The highest BCUT2D eigenvalue weighted by molar-refractivity contribution is 14.0. The van der Waals surface area contributed by atoms with E-state index in [1.807, 2.05) is 69.3 Å². The largest absolute Gasteiger partial charge is 0.491 e. The van der Waals surface area contributed by atoms with Gasteiger partial charge in [0.2, 0.25) is 0 Å². The van der Waals surface area contributed by atoms with E-state index in [4.69, 9.17) is 4.74 Å². The molecular weight excluding hydrogens is 505 g/mol. The molecule has 1 atom stereocenters. The number of rotatable bonds is 9. The first-order chi connectivity index (χ1) is 14.5. The van der Waals surface area contributed by atoms with Crippen molar-refractivity contribution in [3.63, 3.8) is 0 Å². The van der Waals surface area contributed by atoms with Crippen molar-refractivity contribution in [1.82, 2.24) is 20.6 Å². The number of H-pyrrole nitrogens is 1. The van der Waals surface area contributed by atoms with Crippen LogP contribution >= 0.6 is 24.0 Å². The summed E-state index contributed by atoms with van der Waals surface area (Å²) in [5.74, 6) is 2.40. The van der Waals surface area contributed by atoms with Crippen LogP contribution in [0.4, 0.5) is 0 Å². The molecule has 0 spiro atoms. The van der Waals surface area contributed by atoms with Gasteiger partial charge < -0.3 is 25.5 Å². The molecule has 0 aliphatic heterocycles. The van der Waals surface area contributed by atoms with Crippen LogP contribution in [0, 0.1) is 0 Å². The van der Waals surface area contributed by atoms with Gasteiger partial charge in [0.05, 0.1) is 29.8 Å². The number of ether oxygens (including phenoxy) is 1. The molecule has 3 aromatic rings. The first-order valence-corrected chi connectivity index (χ1v) is 10.5. The van der Waals surface area contributed by atoms with E-state index in [2.05, 4.69) is 25.6 Å². The molecule has 1 unspecified atom stereocenters. The average Bonchev–Trinajstić information content (AvgIpc) is 3.14. The second kappa shape index (κ2) is 12.5. The summed E-state index contributed by atoms with van der Waals surface area (Å²) in [5, 5.41) is 17.0. The smallest absolute Gasteiger partial charge is 0.191 e. The fourth-order valence-corrected chi connectivity index (χ4v) is 3.09. The molecule has 0 aliphatic rings. The Bertz CT molecular complexity index is 923. The van der Waals surface area contributed by atoms with E-state index in [1.54, 1.807) is 0 Å². The summed E-state index contributed by atoms with van der Waals surface area (Å²) >= 11 is 0. The fourth-order valence-electron chi connectivity index (χ4n) is 3.09. The average molecular weight is 537 g/mol. The predicted molar refractivity (Wildman–Crippen MR) is 136 cm³/mol. The molecule has 0 aliphatic carbocycles. The second-order valence-electron chi connectivity index (χ2n) is 7.35. The van der Waals surface area contributed by atoms with Crippen LogP contribution in [0.5, 0.6) is 5.75 Å². The zero-order chi connectivity index (χ0) is 21.3. The Morgan fingerprint density at radius 2 is 1.87 bits per heavy atom. The van der Waals surface area contributed by atoms with Crippen molar-refractivity contribution in [3.8, 4) is 5.75 Å². The van der Waals surface area contributed by atoms with Gasteiger partial charge in [-0.05, 0) is 50.6 Å². The van der Waals surface area contributed by atoms with E-state index >= 15 is 0 Å². The highest BCUT2D eigenvalue weighted by atomic mass is 127. The van der Waals surface area contributed by atoms with Gasteiger partial charge in [-0.15, -0.1) is 24.0 Å². The minimum Gasteiger partial charge on any atom is -0.491 e. The van der Waals surface area contributed by atoms with Crippen molar-refractivity contribution in [2.24, 2.45) is 4.99 Å². The molecule has 3 rings (SSSR count). The lowest BCUT2D eigenvalue weighted by atomic mass is 10.1. The van der Waals surface area contributed by atoms with Crippen LogP contribution < -0.4 is 15.4 Å². The quantitative estimate of drug-likeness (QED) is 0.189. The minimum atomic E-state index is -0.677. The Balaban J connectivity index is 0.00000341. The third-order valence-corrected chi connectivity index (χ3v) is 4.50. The maximum Gasteiger partial charge on any atom is 0.191 e. The number of para-hydroxylation sites is 2. The highest BCUT2D eigenvalue weighted by Crippen LogP contribution is 2.19. The van der Waals surface area contributed by atoms with Gasteiger partial charge in [0.15, 0.2) is 5.96 Å². The maximum atomic E-state index is 10.5. The van der Waals surface area contributed by atoms with Crippen molar-refractivity contribution < 1.29 is 9.84 Å². The van der Waals surface area contributed by atoms with Crippen molar-refractivity contribution >= 4 is 41.0 Å². The molecule has 4 N–H and O–H groups in total. The van der Waals surface area contributed by atoms with E-state index in [-0.39, 0.29) is 36.6 Å². The van der Waals surface area contributed by atoms with Crippen molar-refractivity contribution in [2.45, 2.75) is 39.4 Å². The fraction of sp³-hybridized carbons (Fsp3) is 0.391. The Kier molecular flexibility index (Phi) is 10.1. The second-order valence-corrected chi connectivity index (χ2v) is 7.35. The van der Waals surface area contributed by atoms with Gasteiger partial charge in [-0.3, -0.25) is 4.99 Å². The van der Waals surface area contributed by atoms with Crippen LogP contribution in [0.15, 0.2) is 53.5 Å². The molecule has 8 heteroatoms. The molecular formula is C23H32IN5O2. The number of halogens is 1. The highest BCUT2D eigenvalue weighted by Gasteiger charge is 2.09. The predicted octanol–water partition coefficient (Wildman–Crippen LogP) is 3.80. The van der Waals surface area contributed by atoms with Crippen LogP contribution in [-0.2, 0) is 6.42 Å². The maximum absolute atomic E-state index is 10.5. The van der Waals surface area contributed by atoms with E-state index in [0.717, 1.165) is 41.1 Å². The molecule has 1 aromatic heterocycles. The van der Waals surface area contributed by atoms with Crippen molar-refractivity contribution in [1.29, 1.82) is 0 Å². The monoisotopic (exact) mass is 537 g/mol. The summed E-state index contributed by atoms with van der Waals surface area (Å²) in [4.78, 5) is 12.4. The number of aromatic nitrogens is 2. The summed E-state index contributed by atoms with van der Waals surface area (Å²) in [6.07, 6.45) is 0.196. The van der Waals surface area contributed by atoms with Crippen molar-refractivity contribution in [2.75, 3.05) is 19.6 Å². The lowest BCUT2D eigenvalue weighted by Gasteiger charge is -2.14. The van der Waals surface area contributed by atoms with Gasteiger partial charge in [-0.2, -0.15) is 0 Å². The lowest BCUT2D eigenvalue weighted by Crippen LogP contribution is -2.38. The Labute approximate surface area is 200 Å². The number of nitrogens with zero attached hydrogens (tertiary/aromatic N) is 2. The molecule has 1 heterocycles. The molecule has 0 saturated carbocycles. The number of hydrogen-bond donors (Lipinski definition) is 4. The van der Waals surface area contributed by atoms with Gasteiger partial charge in [-0.25, -0.2) is 4.98 Å². The molecule has 168 valence electrons. The van der Waals surface area contributed by atoms with E-state index in [1.165, 1.54) is 0 Å². The van der Waals surface area contributed by atoms with Crippen LogP contribution in [0.3, 0.4) is 0 Å². The normalized spacial score (nSPS) is 12.5. The molecule has 31 heavy (non-hydrogen) atoms. The van der Waals surface area contributed by atoms with Crippen LogP contribution in [0.2, 0.25) is 0 Å². The zero-order valence-corrected chi connectivity index (χ0v) is 20.6. The molecule has 0 bridgehead atoms. The summed E-state index contributed by atoms with van der Waals surface area (Å²) in [5.41, 5.74) is 2.83. The number of aliphatic imine (C=N–C) groups is 1. The number of nitrogens with one attached hydrogen (secondary N) is 3. The number of aliphatic hydroxyl groups excluding tert-OH is 1. The molecule has 7 nitrogen and oxygen atoms in total. The number of aromatic amines is 1. The number of imidazole rings is 1. The van der Waals surface area contributed by atoms with E-state index in [9.17, 15) is 5.11 Å². The van der Waals surface area contributed by atoms with Gasteiger partial charge in [0, 0.05) is 19.5 Å². The first-order valence-electron chi connectivity index (χ1n) is 10.5. The Morgan fingerprint density at radius 3 is 2.55 bits per heavy atom. The zero-order valence-electron chi connectivity index (χ0n) is 18.3. The minimum absolute atomic E-state index is 0. The third-order valence-electron chi connectivity index (χ3n) is 4.50. The van der Waals surface area contributed by atoms with Gasteiger partial charge >= 0.3 is 0 Å². The molecule has 0 fully saturated rings. The standard InChI is InChI=1S/C23H31N5O2.HI/c1-4-24-23(25-14-13-22-27-19-7-5-6-8-20(19)28-22)26-15-21(29)17-9-11-18(12-10-17)30-16(2)3;/h5-12,16,21,29H,4,13-15H2,1-3H3,(H,27,28)(H2,24,25,26);1H. The van der Waals surface area contributed by atoms with E-state index < -0.39 is 6.10 Å². The summed E-state index contributed by atoms with van der Waals surface area (Å²) in [6.45, 7) is 7.68. The van der Waals surface area contributed by atoms with Crippen LogP contribution in [0.25, 0.3) is 11.0 Å². The topological polar surface area (TPSA) is 94.6 Å². The lowest BCUT2D eigenvalue weighted by molar-refractivity contribution is 0.186. The number of hydrogen-bond acceptors (Lipinski definition) is 4. The summed E-state index contributed by atoms with van der Waals surface area (Å²) in [6, 6.07) is 15.5. The summed E-state index contributed by atoms with van der Waals surface area (Å²) < 4.78 is 5.64.